The summed E-state index contributed by atoms with van der Waals surface area (Å²) in [6.07, 6.45) is 6.10. The second kappa shape index (κ2) is 5.29. The quantitative estimate of drug-likeness (QED) is 0.771. The van der Waals surface area contributed by atoms with Crippen molar-refractivity contribution in [1.29, 1.82) is 0 Å². The van der Waals surface area contributed by atoms with E-state index in [1.807, 2.05) is 0 Å². The Morgan fingerprint density at radius 1 is 0.955 bits per heavy atom. The highest BCUT2D eigenvalue weighted by Crippen LogP contribution is 2.46. The second-order valence-corrected chi connectivity index (χ2v) is 6.51. The summed E-state index contributed by atoms with van der Waals surface area (Å²) in [5.74, 6) is 0. The van der Waals surface area contributed by atoms with E-state index >= 15 is 0 Å². The number of hydrogen-bond acceptors (Lipinski definition) is 1. The van der Waals surface area contributed by atoms with Gasteiger partial charge in [-0.1, -0.05) is 55.0 Å². The number of fused-ring (bicyclic) bond motifs is 1. The third-order valence-electron chi connectivity index (χ3n) is 5.26. The molecule has 0 spiro atoms. The Bertz CT molecular complexity index is 776. The summed E-state index contributed by atoms with van der Waals surface area (Å²) in [5, 5.41) is 1.38. The Hall–Kier alpha value is -2.06. The predicted octanol–water partition coefficient (Wildman–Crippen LogP) is 4.07. The van der Waals surface area contributed by atoms with Gasteiger partial charge in [0.2, 0.25) is 0 Å². The highest BCUT2D eigenvalue weighted by molar-refractivity contribution is 5.85. The molecule has 1 aliphatic rings. The summed E-state index contributed by atoms with van der Waals surface area (Å²) in [5.41, 5.74) is 10.5. The SMILES string of the molecule is NCC1(c2cn(Cc3ccccc3)c3ccccc23)CCC1. The third kappa shape index (κ3) is 2.06. The zero-order valence-corrected chi connectivity index (χ0v) is 12.8. The lowest BCUT2D eigenvalue weighted by Crippen LogP contribution is -2.41. The van der Waals surface area contributed by atoms with Crippen LogP contribution in [0.2, 0.25) is 0 Å². The van der Waals surface area contributed by atoms with Crippen LogP contribution in [0.3, 0.4) is 0 Å². The van der Waals surface area contributed by atoms with E-state index in [9.17, 15) is 0 Å². The molecule has 2 nitrogen and oxygen atoms in total. The van der Waals surface area contributed by atoms with E-state index in [2.05, 4.69) is 65.4 Å². The summed E-state index contributed by atoms with van der Waals surface area (Å²) in [7, 11) is 0. The van der Waals surface area contributed by atoms with Crippen LogP contribution in [0.1, 0.15) is 30.4 Å². The number of nitrogens with two attached hydrogens (primary N) is 1. The highest BCUT2D eigenvalue weighted by atomic mass is 15.0. The van der Waals surface area contributed by atoms with Gasteiger partial charge in [-0.25, -0.2) is 0 Å². The van der Waals surface area contributed by atoms with Crippen LogP contribution in [-0.2, 0) is 12.0 Å². The van der Waals surface area contributed by atoms with Crippen LogP contribution in [0.5, 0.6) is 0 Å². The van der Waals surface area contributed by atoms with E-state index in [0.29, 0.717) is 0 Å². The van der Waals surface area contributed by atoms with Gasteiger partial charge < -0.3 is 10.3 Å². The monoisotopic (exact) mass is 290 g/mol. The number of hydrogen-bond donors (Lipinski definition) is 1. The van der Waals surface area contributed by atoms with Crippen LogP contribution in [0.25, 0.3) is 10.9 Å². The third-order valence-corrected chi connectivity index (χ3v) is 5.26. The molecule has 1 aliphatic carbocycles. The molecule has 0 saturated heterocycles. The van der Waals surface area contributed by atoms with Gasteiger partial charge in [-0.15, -0.1) is 0 Å². The normalized spacial score (nSPS) is 16.6. The Balaban J connectivity index is 1.82. The van der Waals surface area contributed by atoms with Gasteiger partial charge >= 0.3 is 0 Å². The zero-order valence-electron chi connectivity index (χ0n) is 12.8. The molecule has 0 aliphatic heterocycles. The van der Waals surface area contributed by atoms with Gasteiger partial charge in [-0.05, 0) is 30.0 Å². The maximum atomic E-state index is 6.14. The molecule has 2 heteroatoms. The van der Waals surface area contributed by atoms with Crippen molar-refractivity contribution in [3.05, 3.63) is 71.9 Å². The number of aromatic nitrogens is 1. The average molecular weight is 290 g/mol. The van der Waals surface area contributed by atoms with E-state index in [1.54, 1.807) is 0 Å². The smallest absolute Gasteiger partial charge is 0.0486 e. The predicted molar refractivity (Wildman–Crippen MR) is 92.1 cm³/mol. The number of rotatable bonds is 4. The summed E-state index contributed by atoms with van der Waals surface area (Å²) < 4.78 is 2.38. The van der Waals surface area contributed by atoms with Crippen molar-refractivity contribution >= 4 is 10.9 Å². The number of benzene rings is 2. The molecule has 0 amide bonds. The van der Waals surface area contributed by atoms with Crippen molar-refractivity contribution in [1.82, 2.24) is 4.57 Å². The van der Waals surface area contributed by atoms with E-state index in [1.165, 1.54) is 41.3 Å². The molecule has 0 unspecified atom stereocenters. The minimum Gasteiger partial charge on any atom is -0.343 e. The van der Waals surface area contributed by atoms with E-state index in [0.717, 1.165) is 13.1 Å². The lowest BCUT2D eigenvalue weighted by atomic mass is 9.64. The lowest BCUT2D eigenvalue weighted by molar-refractivity contribution is 0.255. The standard InChI is InChI=1S/C20H22N2/c21-15-20(11-6-12-20)18-14-22(13-16-7-2-1-3-8-16)19-10-5-4-9-17(18)19/h1-5,7-10,14H,6,11-13,15,21H2. The summed E-state index contributed by atoms with van der Waals surface area (Å²) in [4.78, 5) is 0. The minimum absolute atomic E-state index is 0.210. The molecule has 1 saturated carbocycles. The van der Waals surface area contributed by atoms with Crippen LogP contribution >= 0.6 is 0 Å². The Labute approximate surface area is 131 Å². The average Bonchev–Trinajstić information content (AvgIpc) is 2.88. The van der Waals surface area contributed by atoms with Crippen LogP contribution < -0.4 is 5.73 Å². The minimum atomic E-state index is 0.210. The topological polar surface area (TPSA) is 30.9 Å². The van der Waals surface area contributed by atoms with Gasteiger partial charge in [-0.3, -0.25) is 0 Å². The Morgan fingerprint density at radius 3 is 2.36 bits per heavy atom. The van der Waals surface area contributed by atoms with Crippen molar-refractivity contribution in [2.75, 3.05) is 6.54 Å². The van der Waals surface area contributed by atoms with Crippen molar-refractivity contribution in [3.8, 4) is 0 Å². The second-order valence-electron chi connectivity index (χ2n) is 6.51. The molecular weight excluding hydrogens is 268 g/mol. The van der Waals surface area contributed by atoms with Crippen molar-refractivity contribution < 1.29 is 0 Å². The maximum Gasteiger partial charge on any atom is 0.0486 e. The molecular formula is C20H22N2. The fourth-order valence-electron chi connectivity index (χ4n) is 3.77. The maximum absolute atomic E-state index is 6.14. The van der Waals surface area contributed by atoms with Crippen LogP contribution in [0.4, 0.5) is 0 Å². The summed E-state index contributed by atoms with van der Waals surface area (Å²) >= 11 is 0. The first-order valence-corrected chi connectivity index (χ1v) is 8.15. The molecule has 4 rings (SSSR count). The zero-order chi connectivity index (χ0) is 15.0. The Kier molecular flexibility index (Phi) is 3.27. The van der Waals surface area contributed by atoms with Gasteiger partial charge in [0.1, 0.15) is 0 Å². The van der Waals surface area contributed by atoms with E-state index < -0.39 is 0 Å². The molecule has 22 heavy (non-hydrogen) atoms. The van der Waals surface area contributed by atoms with E-state index in [-0.39, 0.29) is 5.41 Å². The first-order chi connectivity index (χ1) is 10.8. The number of nitrogens with zero attached hydrogens (tertiary/aromatic N) is 1. The van der Waals surface area contributed by atoms with Gasteiger partial charge in [0.05, 0.1) is 0 Å². The molecule has 0 atom stereocenters. The summed E-state index contributed by atoms with van der Waals surface area (Å²) in [6, 6.07) is 19.4. The lowest BCUT2D eigenvalue weighted by Gasteiger charge is -2.41. The molecule has 0 radical (unpaired) electrons. The highest BCUT2D eigenvalue weighted by Gasteiger charge is 2.39. The fraction of sp³-hybridized carbons (Fsp3) is 0.300. The molecule has 1 heterocycles. The largest absolute Gasteiger partial charge is 0.343 e. The molecule has 2 aromatic carbocycles. The molecule has 3 aromatic rings. The van der Waals surface area contributed by atoms with Gasteiger partial charge in [-0.2, -0.15) is 0 Å². The van der Waals surface area contributed by atoms with Gasteiger partial charge in [0, 0.05) is 35.6 Å². The molecule has 1 aromatic heterocycles. The molecule has 1 fully saturated rings. The Morgan fingerprint density at radius 2 is 1.68 bits per heavy atom. The van der Waals surface area contributed by atoms with Crippen LogP contribution in [0, 0.1) is 0 Å². The fourth-order valence-corrected chi connectivity index (χ4v) is 3.77. The van der Waals surface area contributed by atoms with Crippen LogP contribution in [0.15, 0.2) is 60.8 Å². The van der Waals surface area contributed by atoms with Gasteiger partial charge in [0.15, 0.2) is 0 Å². The van der Waals surface area contributed by atoms with Crippen molar-refractivity contribution in [2.45, 2.75) is 31.2 Å². The van der Waals surface area contributed by atoms with Gasteiger partial charge in [0.25, 0.3) is 0 Å². The molecule has 0 bridgehead atoms. The summed E-state index contributed by atoms with van der Waals surface area (Å²) in [6.45, 7) is 1.67. The first-order valence-electron chi connectivity index (χ1n) is 8.15. The first kappa shape index (κ1) is 13.6. The van der Waals surface area contributed by atoms with E-state index in [4.69, 9.17) is 5.73 Å². The van der Waals surface area contributed by atoms with Crippen molar-refractivity contribution in [3.63, 3.8) is 0 Å². The molecule has 2 N–H and O–H groups in total. The van der Waals surface area contributed by atoms with Crippen molar-refractivity contribution in [2.24, 2.45) is 5.73 Å². The van der Waals surface area contributed by atoms with Crippen LogP contribution in [-0.4, -0.2) is 11.1 Å². The molecule has 112 valence electrons. The number of para-hydroxylation sites is 1.